The summed E-state index contributed by atoms with van der Waals surface area (Å²) in [6.07, 6.45) is -0.122. The maximum absolute atomic E-state index is 11.7. The molecule has 0 atom stereocenters. The van der Waals surface area contributed by atoms with Crippen molar-refractivity contribution in [1.29, 1.82) is 0 Å². The summed E-state index contributed by atoms with van der Waals surface area (Å²) in [5, 5.41) is 0. The van der Waals surface area contributed by atoms with E-state index in [0.717, 1.165) is 0 Å². The first-order chi connectivity index (χ1) is 9.02. The summed E-state index contributed by atoms with van der Waals surface area (Å²) in [4.78, 5) is 35.9. The van der Waals surface area contributed by atoms with Crippen LogP contribution in [0.2, 0.25) is 0 Å². The summed E-state index contributed by atoms with van der Waals surface area (Å²) in [5.74, 6) is -0.953. The number of Topliss-reactive ketones (excluding diaryl/α,β-unsaturated/α-hetero) is 1. The highest BCUT2D eigenvalue weighted by Crippen LogP contribution is 2.28. The molecule has 6 nitrogen and oxygen atoms in total. The molecule has 0 unspecified atom stereocenters. The van der Waals surface area contributed by atoms with Gasteiger partial charge in [0, 0.05) is 0 Å². The first-order valence-corrected chi connectivity index (χ1v) is 5.91. The van der Waals surface area contributed by atoms with Crippen LogP contribution in [0.1, 0.15) is 23.7 Å². The fourth-order valence-corrected chi connectivity index (χ4v) is 1.92. The van der Waals surface area contributed by atoms with Crippen LogP contribution in [0.5, 0.6) is 0 Å². The Morgan fingerprint density at radius 3 is 2.74 bits per heavy atom. The minimum Gasteiger partial charge on any atom is -0.462 e. The molecule has 6 heteroatoms. The van der Waals surface area contributed by atoms with E-state index in [1.807, 2.05) is 0 Å². The van der Waals surface area contributed by atoms with Crippen molar-refractivity contribution < 1.29 is 19.1 Å². The summed E-state index contributed by atoms with van der Waals surface area (Å²) in [6.45, 7) is 1.97. The molecule has 1 amide bonds. The van der Waals surface area contributed by atoms with Gasteiger partial charge in [-0.1, -0.05) is 0 Å². The Hall–Kier alpha value is -2.37. The van der Waals surface area contributed by atoms with Gasteiger partial charge in [0.25, 0.3) is 0 Å². The third-order valence-electron chi connectivity index (χ3n) is 2.82. The number of esters is 1. The zero-order valence-electron chi connectivity index (χ0n) is 10.5. The third kappa shape index (κ3) is 2.57. The first-order valence-electron chi connectivity index (χ1n) is 5.91. The van der Waals surface area contributed by atoms with Crippen LogP contribution in [-0.2, 0) is 14.3 Å². The van der Waals surface area contributed by atoms with Crippen LogP contribution < -0.4 is 10.6 Å². The standard InChI is InChI=1S/C13H14N2O4/c1-2-19-13(18)8-3-4-10(14)11(5-8)15-7-9(16)6-12(15)17/h3-5H,2,6-7,14H2,1H3. The zero-order chi connectivity index (χ0) is 14.0. The van der Waals surface area contributed by atoms with Crippen molar-refractivity contribution in [2.75, 3.05) is 23.8 Å². The van der Waals surface area contributed by atoms with Crippen molar-refractivity contribution >= 4 is 29.0 Å². The maximum atomic E-state index is 11.7. The monoisotopic (exact) mass is 262 g/mol. The second kappa shape index (κ2) is 5.09. The highest BCUT2D eigenvalue weighted by atomic mass is 16.5. The molecule has 1 aliphatic heterocycles. The molecule has 19 heavy (non-hydrogen) atoms. The van der Waals surface area contributed by atoms with Gasteiger partial charge in [-0.15, -0.1) is 0 Å². The average Bonchev–Trinajstić information content (AvgIpc) is 2.69. The summed E-state index contributed by atoms with van der Waals surface area (Å²) in [7, 11) is 0. The molecule has 0 spiro atoms. The van der Waals surface area contributed by atoms with E-state index in [1.54, 1.807) is 6.92 Å². The van der Waals surface area contributed by atoms with Crippen LogP contribution in [0.15, 0.2) is 18.2 Å². The normalized spacial score (nSPS) is 14.9. The predicted molar refractivity (Wildman–Crippen MR) is 68.8 cm³/mol. The summed E-state index contributed by atoms with van der Waals surface area (Å²) in [6, 6.07) is 4.53. The lowest BCUT2D eigenvalue weighted by Gasteiger charge is -2.17. The number of nitrogen functional groups attached to an aromatic ring is 1. The lowest BCUT2D eigenvalue weighted by molar-refractivity contribution is -0.121. The second-order valence-corrected chi connectivity index (χ2v) is 4.19. The van der Waals surface area contributed by atoms with Crippen LogP contribution in [0, 0.1) is 0 Å². The lowest BCUT2D eigenvalue weighted by Crippen LogP contribution is -2.25. The third-order valence-corrected chi connectivity index (χ3v) is 2.82. The Morgan fingerprint density at radius 2 is 2.16 bits per heavy atom. The fraction of sp³-hybridized carbons (Fsp3) is 0.308. The van der Waals surface area contributed by atoms with E-state index in [0.29, 0.717) is 16.9 Å². The van der Waals surface area contributed by atoms with Gasteiger partial charge in [-0.2, -0.15) is 0 Å². The van der Waals surface area contributed by atoms with Crippen molar-refractivity contribution in [3.63, 3.8) is 0 Å². The largest absolute Gasteiger partial charge is 0.462 e. The molecule has 0 radical (unpaired) electrons. The molecule has 0 aromatic heterocycles. The van der Waals surface area contributed by atoms with Crippen molar-refractivity contribution in [3.05, 3.63) is 23.8 Å². The molecule has 1 aromatic carbocycles. The van der Waals surface area contributed by atoms with E-state index < -0.39 is 5.97 Å². The number of rotatable bonds is 3. The number of ketones is 1. The van der Waals surface area contributed by atoms with Crippen LogP contribution >= 0.6 is 0 Å². The molecule has 1 aliphatic rings. The van der Waals surface area contributed by atoms with E-state index in [2.05, 4.69) is 0 Å². The van der Waals surface area contributed by atoms with Crippen molar-refractivity contribution in [1.82, 2.24) is 0 Å². The average molecular weight is 262 g/mol. The topological polar surface area (TPSA) is 89.7 Å². The molecule has 2 N–H and O–H groups in total. The zero-order valence-corrected chi connectivity index (χ0v) is 10.5. The number of amides is 1. The van der Waals surface area contributed by atoms with E-state index in [-0.39, 0.29) is 31.3 Å². The van der Waals surface area contributed by atoms with Gasteiger partial charge >= 0.3 is 5.97 Å². The van der Waals surface area contributed by atoms with Crippen LogP contribution in [0.4, 0.5) is 11.4 Å². The van der Waals surface area contributed by atoms with Gasteiger partial charge in [0.1, 0.15) is 0 Å². The SMILES string of the molecule is CCOC(=O)c1ccc(N)c(N2CC(=O)CC2=O)c1. The minimum absolute atomic E-state index is 0.00465. The smallest absolute Gasteiger partial charge is 0.338 e. The number of ether oxygens (including phenoxy) is 1. The number of carbonyl (C=O) groups excluding carboxylic acids is 3. The van der Waals surface area contributed by atoms with E-state index in [1.165, 1.54) is 23.1 Å². The van der Waals surface area contributed by atoms with Gasteiger partial charge in [-0.3, -0.25) is 9.59 Å². The molecule has 1 fully saturated rings. The van der Waals surface area contributed by atoms with Gasteiger partial charge in [0.2, 0.25) is 5.91 Å². The first kappa shape index (κ1) is 13.1. The molecule has 0 bridgehead atoms. The van der Waals surface area contributed by atoms with E-state index in [4.69, 9.17) is 10.5 Å². The number of anilines is 2. The predicted octanol–water partition coefficient (Wildman–Crippen LogP) is 0.751. The summed E-state index contributed by atoms with van der Waals surface area (Å²) in [5.41, 5.74) is 6.82. The molecule has 0 aliphatic carbocycles. The molecule has 0 saturated carbocycles. The Balaban J connectivity index is 2.35. The number of nitrogens with two attached hydrogens (primary N) is 1. The van der Waals surface area contributed by atoms with Crippen molar-refractivity contribution in [3.8, 4) is 0 Å². The van der Waals surface area contributed by atoms with E-state index in [9.17, 15) is 14.4 Å². The van der Waals surface area contributed by atoms with Gasteiger partial charge in [-0.05, 0) is 25.1 Å². The summed E-state index contributed by atoms with van der Waals surface area (Å²) >= 11 is 0. The van der Waals surface area contributed by atoms with Gasteiger partial charge in [-0.25, -0.2) is 4.79 Å². The highest BCUT2D eigenvalue weighted by molar-refractivity contribution is 6.16. The number of benzene rings is 1. The van der Waals surface area contributed by atoms with Crippen LogP contribution in [-0.4, -0.2) is 30.8 Å². The number of hydrogen-bond acceptors (Lipinski definition) is 5. The molecule has 1 aromatic rings. The number of nitrogens with zero attached hydrogens (tertiary/aromatic N) is 1. The van der Waals surface area contributed by atoms with Gasteiger partial charge < -0.3 is 15.4 Å². The Kier molecular flexibility index (Phi) is 3.50. The lowest BCUT2D eigenvalue weighted by atomic mass is 10.1. The van der Waals surface area contributed by atoms with Crippen LogP contribution in [0.25, 0.3) is 0 Å². The molecule has 100 valence electrons. The molecule has 1 saturated heterocycles. The highest BCUT2D eigenvalue weighted by Gasteiger charge is 2.30. The molecule has 1 heterocycles. The Morgan fingerprint density at radius 1 is 1.42 bits per heavy atom. The Labute approximate surface area is 110 Å². The number of carbonyl (C=O) groups is 3. The maximum Gasteiger partial charge on any atom is 0.338 e. The quantitative estimate of drug-likeness (QED) is 0.493. The van der Waals surface area contributed by atoms with Gasteiger partial charge in [0.05, 0.1) is 36.5 Å². The number of hydrogen-bond donors (Lipinski definition) is 1. The van der Waals surface area contributed by atoms with Crippen molar-refractivity contribution in [2.45, 2.75) is 13.3 Å². The minimum atomic E-state index is -0.485. The molecule has 2 rings (SSSR count). The molecular weight excluding hydrogens is 248 g/mol. The summed E-state index contributed by atoms with van der Waals surface area (Å²) < 4.78 is 4.88. The van der Waals surface area contributed by atoms with Crippen LogP contribution in [0.3, 0.4) is 0 Å². The fourth-order valence-electron chi connectivity index (χ4n) is 1.92. The second-order valence-electron chi connectivity index (χ2n) is 4.19. The van der Waals surface area contributed by atoms with E-state index >= 15 is 0 Å². The molecular formula is C13H14N2O4. The van der Waals surface area contributed by atoms with Gasteiger partial charge in [0.15, 0.2) is 5.78 Å². The van der Waals surface area contributed by atoms with Crippen molar-refractivity contribution in [2.24, 2.45) is 0 Å². The Bertz CT molecular complexity index is 554.